The summed E-state index contributed by atoms with van der Waals surface area (Å²) >= 11 is 0. The molecule has 4 rings (SSSR count). The Morgan fingerprint density at radius 3 is 2.33 bits per heavy atom. The van der Waals surface area contributed by atoms with Gasteiger partial charge in [-0.25, -0.2) is 4.79 Å². The molecule has 0 aromatic heterocycles. The Labute approximate surface area is 208 Å². The topological polar surface area (TPSA) is 140 Å². The number of benzene rings is 3. The number of carbonyl (C=O) groups is 2. The maximum Gasteiger partial charge on any atom is 0.351 e. The first-order valence-corrected chi connectivity index (χ1v) is 11.3. The second-order valence-corrected chi connectivity index (χ2v) is 7.74. The number of hydrogen-bond acceptors (Lipinski definition) is 8. The lowest BCUT2D eigenvalue weighted by molar-refractivity contribution is -0.661. The number of carboxylic acids is 2. The fraction of sp³-hybridized carbons (Fsp3) is 0.308. The number of quaternary nitrogens is 1. The van der Waals surface area contributed by atoms with Gasteiger partial charge in [-0.3, -0.25) is 0 Å². The van der Waals surface area contributed by atoms with Crippen LogP contribution in [0.1, 0.15) is 11.9 Å². The number of hydrogen-bond donors (Lipinski definition) is 2. The van der Waals surface area contributed by atoms with Crippen LogP contribution in [-0.4, -0.2) is 63.7 Å². The lowest BCUT2D eigenvalue weighted by atomic mass is 10.0. The average molecular weight is 500 g/mol. The minimum absolute atomic E-state index is 0.0507. The summed E-state index contributed by atoms with van der Waals surface area (Å²) in [7, 11) is 3.25. The zero-order chi connectivity index (χ0) is 25.9. The first-order chi connectivity index (χ1) is 17.4. The van der Waals surface area contributed by atoms with E-state index in [0.29, 0.717) is 30.5 Å². The highest BCUT2D eigenvalue weighted by molar-refractivity contribution is 6.26. The third-order valence-electron chi connectivity index (χ3n) is 5.38. The van der Waals surface area contributed by atoms with Crippen LogP contribution in [-0.2, 0) is 19.1 Å². The lowest BCUT2D eigenvalue weighted by Crippen LogP contribution is -2.87. The fourth-order valence-electron chi connectivity index (χ4n) is 3.70. The van der Waals surface area contributed by atoms with Gasteiger partial charge in [0.05, 0.1) is 20.8 Å². The van der Waals surface area contributed by atoms with Crippen molar-refractivity contribution in [1.82, 2.24) is 0 Å². The van der Waals surface area contributed by atoms with Crippen LogP contribution >= 0.6 is 0 Å². The summed E-state index contributed by atoms with van der Waals surface area (Å²) in [5.41, 5.74) is 1.09. The molecule has 2 atom stereocenters. The molecule has 10 nitrogen and oxygen atoms in total. The minimum Gasteiger partial charge on any atom is -0.539 e. The van der Waals surface area contributed by atoms with Crippen LogP contribution in [0.15, 0.2) is 60.7 Å². The van der Waals surface area contributed by atoms with E-state index in [1.165, 1.54) is 10.8 Å². The molecule has 0 spiro atoms. The summed E-state index contributed by atoms with van der Waals surface area (Å²) in [6.45, 7) is 2.73. The number of ether oxygens (including phenoxy) is 5. The van der Waals surface area contributed by atoms with E-state index >= 15 is 0 Å². The van der Waals surface area contributed by atoms with Gasteiger partial charge in [-0.05, 0) is 22.9 Å². The van der Waals surface area contributed by atoms with Crippen LogP contribution in [0, 0.1) is 0 Å². The van der Waals surface area contributed by atoms with Gasteiger partial charge in [0.1, 0.15) is 25.8 Å². The maximum absolute atomic E-state index is 9.04. The van der Waals surface area contributed by atoms with Crippen molar-refractivity contribution in [2.45, 2.75) is 12.4 Å². The predicted octanol–water partition coefficient (Wildman–Crippen LogP) is 0.734. The minimum atomic E-state index is -2.07. The normalized spacial score (nSPS) is 16.6. The van der Waals surface area contributed by atoms with Crippen molar-refractivity contribution in [2.75, 3.05) is 40.5 Å². The standard InChI is InChI=1S/C24H27NO5.C2H2O4/c1-26-21-11-6-12-22(27-2)23(21)28-14-13-25-15-18-16-29-24(30-18)20-10-5-8-17-7-3-4-9-19(17)20;3-1(4)2(5)6/h3-12,18,24-25H,13-16H2,1-2H3;(H,3,4)(H,5,6)/t18-,24-;/m0./s1. The average Bonchev–Trinajstić information content (AvgIpc) is 3.37. The molecule has 3 N–H and O–H groups in total. The van der Waals surface area contributed by atoms with Crippen LogP contribution in [0.3, 0.4) is 0 Å². The van der Waals surface area contributed by atoms with E-state index < -0.39 is 11.9 Å². The van der Waals surface area contributed by atoms with Gasteiger partial charge >= 0.3 is 5.97 Å². The molecule has 0 aliphatic carbocycles. The summed E-state index contributed by atoms with van der Waals surface area (Å²) in [6.07, 6.45) is -0.265. The van der Waals surface area contributed by atoms with Crippen molar-refractivity contribution < 1.29 is 48.8 Å². The van der Waals surface area contributed by atoms with Gasteiger partial charge in [-0.1, -0.05) is 48.5 Å². The Morgan fingerprint density at radius 2 is 1.67 bits per heavy atom. The molecule has 3 aromatic rings. The van der Waals surface area contributed by atoms with Crippen molar-refractivity contribution in [2.24, 2.45) is 0 Å². The highest BCUT2D eigenvalue weighted by Crippen LogP contribution is 2.36. The zero-order valence-corrected chi connectivity index (χ0v) is 20.0. The lowest BCUT2D eigenvalue weighted by Gasteiger charge is -2.15. The van der Waals surface area contributed by atoms with Crippen molar-refractivity contribution in [3.05, 3.63) is 66.2 Å². The molecule has 0 bridgehead atoms. The molecule has 1 aliphatic rings. The molecule has 1 heterocycles. The van der Waals surface area contributed by atoms with Gasteiger partial charge in [0.25, 0.3) is 0 Å². The quantitative estimate of drug-likeness (QED) is 0.322. The highest BCUT2D eigenvalue weighted by atomic mass is 16.7. The summed E-state index contributed by atoms with van der Waals surface area (Å²) in [5.74, 6) is -2.04. The second-order valence-electron chi connectivity index (χ2n) is 7.74. The van der Waals surface area contributed by atoms with Gasteiger partial charge in [0, 0.05) is 5.56 Å². The zero-order valence-electron chi connectivity index (χ0n) is 20.0. The third kappa shape index (κ3) is 7.08. The largest absolute Gasteiger partial charge is 0.539 e. The van der Waals surface area contributed by atoms with Crippen LogP contribution < -0.4 is 24.6 Å². The number of nitrogens with two attached hydrogens (primary N) is 1. The molecule has 0 unspecified atom stereocenters. The number of carbonyl (C=O) groups excluding carboxylic acids is 1. The molecule has 0 radical (unpaired) electrons. The van der Waals surface area contributed by atoms with E-state index in [-0.39, 0.29) is 12.4 Å². The van der Waals surface area contributed by atoms with Crippen LogP contribution in [0.25, 0.3) is 10.8 Å². The highest BCUT2D eigenvalue weighted by Gasteiger charge is 2.29. The Bertz CT molecular complexity index is 1130. The predicted molar refractivity (Wildman–Crippen MR) is 127 cm³/mol. The Balaban J connectivity index is 0.000000538. The number of methoxy groups -OCH3 is 2. The van der Waals surface area contributed by atoms with E-state index in [1.807, 2.05) is 36.4 Å². The van der Waals surface area contributed by atoms with Crippen LogP contribution in [0.5, 0.6) is 17.2 Å². The Morgan fingerprint density at radius 1 is 1.03 bits per heavy atom. The SMILES string of the molecule is COc1cccc(OC)c1OCC[NH2+]C[C@H]1CO[C@H](c2cccc3ccccc23)O1.O=C([O-])C(=O)O. The molecule has 0 saturated carbocycles. The molecule has 1 aliphatic heterocycles. The fourth-order valence-corrected chi connectivity index (χ4v) is 3.70. The number of fused-ring (bicyclic) bond motifs is 1. The molecule has 1 fully saturated rings. The van der Waals surface area contributed by atoms with Gasteiger partial charge < -0.3 is 44.0 Å². The van der Waals surface area contributed by atoms with E-state index in [4.69, 9.17) is 43.5 Å². The molecular weight excluding hydrogens is 470 g/mol. The first kappa shape index (κ1) is 26.7. The molecular formula is C26H29NO9. The second kappa shape index (κ2) is 13.3. The van der Waals surface area contributed by atoms with Gasteiger partial charge in [0.2, 0.25) is 5.75 Å². The van der Waals surface area contributed by atoms with E-state index in [0.717, 1.165) is 18.7 Å². The number of para-hydroxylation sites is 1. The smallest absolute Gasteiger partial charge is 0.351 e. The van der Waals surface area contributed by atoms with E-state index in [9.17, 15) is 0 Å². The van der Waals surface area contributed by atoms with Crippen molar-refractivity contribution in [3.63, 3.8) is 0 Å². The molecule has 1 saturated heterocycles. The molecule has 36 heavy (non-hydrogen) atoms. The number of rotatable bonds is 9. The van der Waals surface area contributed by atoms with E-state index in [1.54, 1.807) is 14.2 Å². The van der Waals surface area contributed by atoms with Gasteiger partial charge in [-0.15, -0.1) is 0 Å². The molecule has 192 valence electrons. The van der Waals surface area contributed by atoms with Gasteiger partial charge in [0.15, 0.2) is 23.8 Å². The monoisotopic (exact) mass is 499 g/mol. The van der Waals surface area contributed by atoms with Crippen molar-refractivity contribution >= 4 is 22.7 Å². The van der Waals surface area contributed by atoms with Crippen LogP contribution in [0.4, 0.5) is 0 Å². The maximum atomic E-state index is 9.04. The summed E-state index contributed by atoms with van der Waals surface area (Å²) < 4.78 is 28.7. The van der Waals surface area contributed by atoms with Gasteiger partial charge in [-0.2, -0.15) is 0 Å². The summed E-state index contributed by atoms with van der Waals surface area (Å²) in [6, 6.07) is 20.1. The first-order valence-electron chi connectivity index (χ1n) is 11.3. The third-order valence-corrected chi connectivity index (χ3v) is 5.38. The number of carboxylic acid groups (broad SMARTS) is 2. The Hall–Kier alpha value is -3.86. The summed E-state index contributed by atoms with van der Waals surface area (Å²) in [4.78, 5) is 18.0. The number of aliphatic carboxylic acids is 2. The molecule has 10 heteroatoms. The molecule has 0 amide bonds. The summed E-state index contributed by atoms with van der Waals surface area (Å²) in [5, 5.41) is 20.9. The molecule has 3 aromatic carbocycles. The van der Waals surface area contributed by atoms with Crippen molar-refractivity contribution in [1.29, 1.82) is 0 Å². The van der Waals surface area contributed by atoms with E-state index in [2.05, 4.69) is 29.6 Å². The van der Waals surface area contributed by atoms with Crippen molar-refractivity contribution in [3.8, 4) is 17.2 Å². The Kier molecular flexibility index (Phi) is 9.87. The van der Waals surface area contributed by atoms with Crippen LogP contribution in [0.2, 0.25) is 0 Å².